The average molecular weight is 425 g/mol. The van der Waals surface area contributed by atoms with E-state index in [0.29, 0.717) is 0 Å². The van der Waals surface area contributed by atoms with Crippen molar-refractivity contribution in [2.75, 3.05) is 0 Å². The molecule has 0 aliphatic rings. The van der Waals surface area contributed by atoms with Gasteiger partial charge in [0.05, 0.1) is 9.85 Å². The van der Waals surface area contributed by atoms with Crippen LogP contribution < -0.4 is 0 Å². The Labute approximate surface area is 191 Å². The Morgan fingerprint density at radius 2 is 1.00 bits per heavy atom. The molecule has 0 aliphatic carbocycles. The van der Waals surface area contributed by atoms with Crippen molar-refractivity contribution >= 4 is 66.7 Å². The molecule has 0 amide bonds. The van der Waals surface area contributed by atoms with E-state index in [9.17, 15) is 29.8 Å². The minimum absolute atomic E-state index is 0.158. The minimum atomic E-state index is -1.31. The lowest BCUT2D eigenvalue weighted by Gasteiger charge is -1.88. The summed E-state index contributed by atoms with van der Waals surface area (Å²) < 4.78 is 1.88. The van der Waals surface area contributed by atoms with Crippen LogP contribution in [0.2, 0.25) is 0 Å². The Morgan fingerprint density at radius 1 is 0.724 bits per heavy atom. The van der Waals surface area contributed by atoms with Gasteiger partial charge < -0.3 is 10.2 Å². The van der Waals surface area contributed by atoms with Gasteiger partial charge in [0.15, 0.2) is 0 Å². The molecule has 12 heteroatoms. The SMILES string of the molecule is O=C(O)CC(=O)O.O=[N+]([O-])c1ccc([CH2][Mg+2])cc1.O=[N+]([O-])c1ccc([CH2][Mg+2])cc1. The molecule has 0 fully saturated rings. The van der Waals surface area contributed by atoms with Crippen LogP contribution in [0.1, 0.15) is 17.5 Å². The van der Waals surface area contributed by atoms with Crippen LogP contribution in [0.3, 0.4) is 0 Å². The van der Waals surface area contributed by atoms with Crippen LogP contribution >= 0.6 is 0 Å². The van der Waals surface area contributed by atoms with Gasteiger partial charge in [0, 0.05) is 35.4 Å². The lowest BCUT2D eigenvalue weighted by atomic mass is 10.2. The third-order valence-corrected chi connectivity index (χ3v) is 4.33. The second-order valence-corrected chi connectivity index (χ2v) is 6.31. The lowest BCUT2D eigenvalue weighted by molar-refractivity contribution is -0.385. The molecule has 0 bridgehead atoms. The summed E-state index contributed by atoms with van der Waals surface area (Å²) >= 11 is 3.66. The van der Waals surface area contributed by atoms with E-state index in [1.54, 1.807) is 24.3 Å². The zero-order chi connectivity index (χ0) is 22.4. The van der Waals surface area contributed by atoms with Gasteiger partial charge in [0.1, 0.15) is 6.42 Å². The van der Waals surface area contributed by atoms with Crippen molar-refractivity contribution in [2.24, 2.45) is 0 Å². The number of hydrogen-bond donors (Lipinski definition) is 2. The highest BCUT2D eigenvalue weighted by molar-refractivity contribution is 6.08. The fourth-order valence-corrected chi connectivity index (χ4v) is 2.36. The summed E-state index contributed by atoms with van der Waals surface area (Å²) in [4.78, 5) is 38.5. The van der Waals surface area contributed by atoms with Crippen molar-refractivity contribution in [3.05, 3.63) is 79.9 Å². The summed E-state index contributed by atoms with van der Waals surface area (Å²) in [5.41, 5.74) is 2.58. The number of non-ortho nitro benzene ring substituents is 2. The molecule has 0 heterocycles. The van der Waals surface area contributed by atoms with Crippen LogP contribution in [0.5, 0.6) is 0 Å². The number of carboxylic acid groups (broad SMARTS) is 2. The molecule has 2 aromatic carbocycles. The average Bonchev–Trinajstić information content (AvgIpc) is 2.68. The zero-order valence-corrected chi connectivity index (χ0v) is 18.2. The lowest BCUT2D eigenvalue weighted by Crippen LogP contribution is -2.03. The van der Waals surface area contributed by atoms with Crippen molar-refractivity contribution in [1.82, 2.24) is 0 Å². The predicted octanol–water partition coefficient (Wildman–Crippen LogP) is 2.07. The van der Waals surface area contributed by atoms with E-state index in [0.717, 1.165) is 20.2 Å². The number of benzene rings is 2. The number of hydrogen-bond acceptors (Lipinski definition) is 6. The first-order valence-corrected chi connectivity index (χ1v) is 10.1. The van der Waals surface area contributed by atoms with E-state index in [2.05, 4.69) is 0 Å². The quantitative estimate of drug-likeness (QED) is 0.308. The molecule has 29 heavy (non-hydrogen) atoms. The minimum Gasteiger partial charge on any atom is -0.481 e. The maximum atomic E-state index is 10.2. The Bertz CT molecular complexity index is 757. The third kappa shape index (κ3) is 12.7. The maximum Gasteiger partial charge on any atom is 1.42 e. The normalized spacial score (nSPS) is 9.17. The summed E-state index contributed by atoms with van der Waals surface area (Å²) in [6, 6.07) is 13.3. The van der Waals surface area contributed by atoms with E-state index < -0.39 is 18.4 Å². The third-order valence-electron chi connectivity index (χ3n) is 3.17. The fraction of sp³-hybridized carbons (Fsp3) is 0.176. The van der Waals surface area contributed by atoms with Gasteiger partial charge in [-0.15, -0.1) is 0 Å². The highest BCUT2D eigenvalue weighted by atomic mass is 24.4. The molecule has 142 valence electrons. The molecule has 0 aromatic heterocycles. The first kappa shape index (κ1) is 26.7. The smallest absolute Gasteiger partial charge is 0.481 e. The van der Waals surface area contributed by atoms with E-state index >= 15 is 0 Å². The summed E-state index contributed by atoms with van der Waals surface area (Å²) in [5.74, 6) is -2.62. The first-order valence-electron chi connectivity index (χ1n) is 8.09. The molecule has 2 rings (SSSR count). The molecule has 10 nitrogen and oxygen atoms in total. The highest BCUT2D eigenvalue weighted by Gasteiger charge is 2.24. The summed E-state index contributed by atoms with van der Waals surface area (Å²) in [7, 11) is 0. The molecule has 14 radical (unpaired) electrons. The fourth-order valence-electron chi connectivity index (χ4n) is 1.70. The molecule has 0 saturated heterocycles. The summed E-state index contributed by atoms with van der Waals surface area (Å²) in [6.45, 7) is 0. The van der Waals surface area contributed by atoms with Gasteiger partial charge in [-0.25, -0.2) is 0 Å². The van der Waals surface area contributed by atoms with Gasteiger partial charge >= 0.3 is 55.4 Å². The molecule has 0 atom stereocenters. The molecule has 0 spiro atoms. The predicted molar refractivity (Wildman–Crippen MR) is 105 cm³/mol. The molecule has 0 aliphatic heterocycles. The molecule has 2 aromatic rings. The van der Waals surface area contributed by atoms with E-state index in [1.807, 2.05) is 43.4 Å². The highest BCUT2D eigenvalue weighted by Crippen LogP contribution is 2.12. The molecular weight excluding hydrogens is 409 g/mol. The Hall–Kier alpha value is -2.29. The molecule has 0 saturated carbocycles. The summed E-state index contributed by atoms with van der Waals surface area (Å²) in [5, 5.41) is 35.8. The summed E-state index contributed by atoms with van der Waals surface area (Å²) in [6.07, 6.45) is -0.806. The second-order valence-electron chi connectivity index (χ2n) is 5.31. The van der Waals surface area contributed by atoms with Gasteiger partial charge in [-0.05, 0) is 24.3 Å². The van der Waals surface area contributed by atoms with Crippen LogP contribution in [-0.2, 0) is 18.7 Å². The molecule has 2 N–H and O–H groups in total. The molecule has 0 unspecified atom stereocenters. The van der Waals surface area contributed by atoms with E-state index in [1.165, 1.54) is 24.3 Å². The number of aliphatic carboxylic acids is 2. The van der Waals surface area contributed by atoms with Gasteiger partial charge in [-0.2, -0.15) is 0 Å². The zero-order valence-electron chi connectivity index (χ0n) is 15.4. The van der Waals surface area contributed by atoms with Gasteiger partial charge in [0.2, 0.25) is 0 Å². The van der Waals surface area contributed by atoms with Crippen molar-refractivity contribution in [3.8, 4) is 0 Å². The number of carbonyl (C=O) groups is 2. The molecular formula is C17H16Mg2N2O8+4. The Balaban J connectivity index is 0.000000419. The Morgan fingerprint density at radius 3 is 1.14 bits per heavy atom. The number of nitro groups is 2. The van der Waals surface area contributed by atoms with Gasteiger partial charge in [0.25, 0.3) is 20.5 Å². The maximum absolute atomic E-state index is 10.2. The van der Waals surface area contributed by atoms with Crippen LogP contribution in [0.25, 0.3) is 0 Å². The van der Waals surface area contributed by atoms with Crippen molar-refractivity contribution in [2.45, 2.75) is 15.5 Å². The largest absolute Gasteiger partial charge is 1.42 e. The number of rotatable bonds is 6. The monoisotopic (exact) mass is 424 g/mol. The first-order chi connectivity index (χ1) is 13.6. The Kier molecular flexibility index (Phi) is 13.5. The van der Waals surface area contributed by atoms with E-state index in [4.69, 9.17) is 10.2 Å². The number of nitrogens with zero attached hydrogens (tertiary/aromatic N) is 2. The van der Waals surface area contributed by atoms with Crippen LogP contribution in [-0.4, -0.2) is 75.4 Å². The van der Waals surface area contributed by atoms with E-state index in [-0.39, 0.29) is 21.2 Å². The van der Waals surface area contributed by atoms with Crippen molar-refractivity contribution in [3.63, 3.8) is 0 Å². The van der Waals surface area contributed by atoms with Crippen LogP contribution in [0.4, 0.5) is 11.4 Å². The van der Waals surface area contributed by atoms with Crippen molar-refractivity contribution in [1.29, 1.82) is 0 Å². The van der Waals surface area contributed by atoms with Gasteiger partial charge in [-0.3, -0.25) is 29.8 Å². The standard InChI is InChI=1S/2C7H6NO2.C3H4O4.2Mg/c2*1-6-2-4-7(5-3-6)8(9)10;4-2(5)1-3(6)7;;/h2*2-5H,1H2;1H2,(H,4,5)(H,6,7);;/q;;;2*+2. The number of carboxylic acids is 2. The number of nitro benzene ring substituents is 2. The van der Waals surface area contributed by atoms with Crippen LogP contribution in [0.15, 0.2) is 48.5 Å². The van der Waals surface area contributed by atoms with Crippen molar-refractivity contribution < 1.29 is 29.6 Å². The second kappa shape index (κ2) is 14.7. The topological polar surface area (TPSA) is 161 Å². The van der Waals surface area contributed by atoms with Crippen LogP contribution in [0, 0.1) is 20.2 Å². The van der Waals surface area contributed by atoms with Gasteiger partial charge in [-0.1, -0.05) is 0 Å².